The summed E-state index contributed by atoms with van der Waals surface area (Å²) in [5, 5.41) is 16.1. The van der Waals surface area contributed by atoms with Crippen LogP contribution in [0.5, 0.6) is 0 Å². The highest BCUT2D eigenvalue weighted by molar-refractivity contribution is 5.84. The number of carbonyl (C=O) groups is 1. The fraction of sp³-hybridized carbons (Fsp3) is 0.750. The summed E-state index contributed by atoms with van der Waals surface area (Å²) in [6.45, 7) is 4.26. The minimum atomic E-state index is -1.04. The van der Waals surface area contributed by atoms with E-state index in [1.165, 1.54) is 6.20 Å². The molecule has 1 fully saturated rings. The van der Waals surface area contributed by atoms with Crippen LogP contribution in [0, 0.1) is 5.92 Å². The molecule has 7 nitrogen and oxygen atoms in total. The molecule has 0 aliphatic carbocycles. The molecule has 1 aromatic rings. The van der Waals surface area contributed by atoms with E-state index in [1.54, 1.807) is 4.68 Å². The standard InChI is InChI=1S/C12H20N4O3/c1-15(8-10-2-6-19-7-3-10)4-5-16-9-11(12(17)18)13-14-16/h9-10H,2-8H2,1H3,(H,17,18). The maximum Gasteiger partial charge on any atom is 0.358 e. The first kappa shape index (κ1) is 14.0. The molecule has 0 amide bonds. The highest BCUT2D eigenvalue weighted by atomic mass is 16.5. The van der Waals surface area contributed by atoms with Crippen LogP contribution in [0.15, 0.2) is 6.20 Å². The Morgan fingerprint density at radius 2 is 2.32 bits per heavy atom. The number of rotatable bonds is 6. The first-order valence-corrected chi connectivity index (χ1v) is 6.55. The molecule has 7 heteroatoms. The monoisotopic (exact) mass is 268 g/mol. The number of hydrogen-bond donors (Lipinski definition) is 1. The molecule has 1 N–H and O–H groups in total. The zero-order valence-corrected chi connectivity index (χ0v) is 11.2. The summed E-state index contributed by atoms with van der Waals surface area (Å²) < 4.78 is 6.91. The molecular formula is C12H20N4O3. The Hall–Kier alpha value is -1.47. The van der Waals surface area contributed by atoms with Gasteiger partial charge in [0.1, 0.15) is 0 Å². The highest BCUT2D eigenvalue weighted by Gasteiger charge is 2.15. The quantitative estimate of drug-likeness (QED) is 0.801. The van der Waals surface area contributed by atoms with Crippen molar-refractivity contribution in [2.75, 3.05) is 33.4 Å². The van der Waals surface area contributed by atoms with Crippen molar-refractivity contribution >= 4 is 5.97 Å². The largest absolute Gasteiger partial charge is 0.476 e. The molecular weight excluding hydrogens is 248 g/mol. The number of aromatic carboxylic acids is 1. The average molecular weight is 268 g/mol. The Kier molecular flexibility index (Phi) is 4.86. The van der Waals surface area contributed by atoms with Gasteiger partial charge in [-0.2, -0.15) is 0 Å². The maximum atomic E-state index is 10.7. The van der Waals surface area contributed by atoms with Gasteiger partial charge in [-0.05, 0) is 25.8 Å². The van der Waals surface area contributed by atoms with E-state index < -0.39 is 5.97 Å². The van der Waals surface area contributed by atoms with Gasteiger partial charge in [-0.25, -0.2) is 4.79 Å². The van der Waals surface area contributed by atoms with E-state index >= 15 is 0 Å². The fourth-order valence-corrected chi connectivity index (χ4v) is 2.24. The second kappa shape index (κ2) is 6.63. The Bertz CT molecular complexity index is 415. The summed E-state index contributed by atoms with van der Waals surface area (Å²) in [4.78, 5) is 12.9. The zero-order valence-electron chi connectivity index (χ0n) is 11.2. The lowest BCUT2D eigenvalue weighted by atomic mass is 10.00. The second-order valence-electron chi connectivity index (χ2n) is 4.99. The van der Waals surface area contributed by atoms with E-state index in [2.05, 4.69) is 22.3 Å². The number of carboxylic acid groups (broad SMARTS) is 1. The van der Waals surface area contributed by atoms with Crippen LogP contribution in [-0.4, -0.2) is 64.3 Å². The van der Waals surface area contributed by atoms with Gasteiger partial charge in [0.2, 0.25) is 0 Å². The Morgan fingerprint density at radius 3 is 2.95 bits per heavy atom. The zero-order chi connectivity index (χ0) is 13.7. The molecule has 19 heavy (non-hydrogen) atoms. The van der Waals surface area contributed by atoms with E-state index in [0.717, 1.165) is 39.1 Å². The van der Waals surface area contributed by atoms with E-state index in [-0.39, 0.29) is 5.69 Å². The molecule has 0 saturated carbocycles. The molecule has 1 aliphatic heterocycles. The van der Waals surface area contributed by atoms with Gasteiger partial charge in [0.25, 0.3) is 0 Å². The van der Waals surface area contributed by atoms with E-state index in [0.29, 0.717) is 12.5 Å². The van der Waals surface area contributed by atoms with Crippen molar-refractivity contribution in [3.8, 4) is 0 Å². The van der Waals surface area contributed by atoms with Gasteiger partial charge in [-0.3, -0.25) is 4.68 Å². The lowest BCUT2D eigenvalue weighted by Crippen LogP contribution is -2.31. The van der Waals surface area contributed by atoms with Crippen molar-refractivity contribution in [1.29, 1.82) is 0 Å². The molecule has 0 aromatic carbocycles. The van der Waals surface area contributed by atoms with Gasteiger partial charge in [0.15, 0.2) is 5.69 Å². The predicted octanol–water partition coefficient (Wildman–Crippen LogP) is 0.335. The number of aromatic nitrogens is 3. The summed E-state index contributed by atoms with van der Waals surface area (Å²) in [6, 6.07) is 0. The van der Waals surface area contributed by atoms with Crippen LogP contribution >= 0.6 is 0 Å². The Morgan fingerprint density at radius 1 is 1.58 bits per heavy atom. The van der Waals surface area contributed by atoms with Gasteiger partial charge in [0.05, 0.1) is 12.7 Å². The van der Waals surface area contributed by atoms with Gasteiger partial charge in [-0.1, -0.05) is 5.21 Å². The van der Waals surface area contributed by atoms with Crippen LogP contribution < -0.4 is 0 Å². The second-order valence-corrected chi connectivity index (χ2v) is 4.99. The van der Waals surface area contributed by atoms with Gasteiger partial charge < -0.3 is 14.7 Å². The van der Waals surface area contributed by atoms with Crippen molar-refractivity contribution in [1.82, 2.24) is 19.9 Å². The van der Waals surface area contributed by atoms with E-state index in [4.69, 9.17) is 9.84 Å². The topological polar surface area (TPSA) is 80.5 Å². The molecule has 1 aliphatic rings. The third-order valence-corrected chi connectivity index (χ3v) is 3.38. The minimum absolute atomic E-state index is 0.00733. The molecule has 2 heterocycles. The molecule has 1 saturated heterocycles. The third-order valence-electron chi connectivity index (χ3n) is 3.38. The minimum Gasteiger partial charge on any atom is -0.476 e. The first-order valence-electron chi connectivity index (χ1n) is 6.55. The number of likely N-dealkylation sites (N-methyl/N-ethyl adjacent to an activating group) is 1. The van der Waals surface area contributed by atoms with Crippen molar-refractivity contribution in [2.45, 2.75) is 19.4 Å². The summed E-state index contributed by atoms with van der Waals surface area (Å²) >= 11 is 0. The van der Waals surface area contributed by atoms with Crippen molar-refractivity contribution in [3.63, 3.8) is 0 Å². The number of hydrogen-bond acceptors (Lipinski definition) is 5. The normalized spacial score (nSPS) is 16.9. The molecule has 0 atom stereocenters. The van der Waals surface area contributed by atoms with Gasteiger partial charge >= 0.3 is 5.97 Å². The highest BCUT2D eigenvalue weighted by Crippen LogP contribution is 2.15. The lowest BCUT2D eigenvalue weighted by molar-refractivity contribution is 0.0553. The molecule has 1 aromatic heterocycles. The van der Waals surface area contributed by atoms with Crippen molar-refractivity contribution < 1.29 is 14.6 Å². The van der Waals surface area contributed by atoms with Crippen LogP contribution in [0.3, 0.4) is 0 Å². The average Bonchev–Trinajstić information content (AvgIpc) is 2.86. The summed E-state index contributed by atoms with van der Waals surface area (Å²) in [6.07, 6.45) is 3.71. The maximum absolute atomic E-state index is 10.7. The number of ether oxygens (including phenoxy) is 1. The summed E-state index contributed by atoms with van der Waals surface area (Å²) in [5.74, 6) is -0.342. The van der Waals surface area contributed by atoms with Crippen LogP contribution in [0.2, 0.25) is 0 Å². The van der Waals surface area contributed by atoms with Crippen molar-refractivity contribution in [3.05, 3.63) is 11.9 Å². The molecule has 0 unspecified atom stereocenters. The van der Waals surface area contributed by atoms with Crippen LogP contribution in [0.1, 0.15) is 23.3 Å². The molecule has 106 valence electrons. The van der Waals surface area contributed by atoms with E-state index in [9.17, 15) is 4.79 Å². The molecule has 0 bridgehead atoms. The van der Waals surface area contributed by atoms with Crippen LogP contribution in [0.4, 0.5) is 0 Å². The molecule has 0 spiro atoms. The Balaban J connectivity index is 1.72. The van der Waals surface area contributed by atoms with Crippen LogP contribution in [-0.2, 0) is 11.3 Å². The SMILES string of the molecule is CN(CCn1cc(C(=O)O)nn1)CC1CCOCC1. The fourth-order valence-electron chi connectivity index (χ4n) is 2.24. The number of nitrogens with zero attached hydrogens (tertiary/aromatic N) is 4. The number of carboxylic acids is 1. The molecule has 2 rings (SSSR count). The third kappa shape index (κ3) is 4.29. The van der Waals surface area contributed by atoms with Crippen molar-refractivity contribution in [2.24, 2.45) is 5.92 Å². The Labute approximate surface area is 112 Å². The van der Waals surface area contributed by atoms with Crippen LogP contribution in [0.25, 0.3) is 0 Å². The van der Waals surface area contributed by atoms with E-state index in [1.807, 2.05) is 0 Å². The summed E-state index contributed by atoms with van der Waals surface area (Å²) in [7, 11) is 2.07. The summed E-state index contributed by atoms with van der Waals surface area (Å²) in [5.41, 5.74) is -0.00733. The van der Waals surface area contributed by atoms with Gasteiger partial charge in [-0.15, -0.1) is 5.10 Å². The first-order chi connectivity index (χ1) is 9.15. The lowest BCUT2D eigenvalue weighted by Gasteiger charge is -2.26. The smallest absolute Gasteiger partial charge is 0.358 e. The van der Waals surface area contributed by atoms with Gasteiger partial charge in [0, 0.05) is 26.3 Å². The predicted molar refractivity (Wildman–Crippen MR) is 68.0 cm³/mol. The molecule has 0 radical (unpaired) electrons.